The SMILES string of the molecule is COc1ccc(Cc2nnc(SCn3nnc4ccccc4c3=O)o2)cc1. The van der Waals surface area contributed by atoms with E-state index >= 15 is 0 Å². The van der Waals surface area contributed by atoms with Gasteiger partial charge in [0, 0.05) is 0 Å². The molecule has 0 fully saturated rings. The summed E-state index contributed by atoms with van der Waals surface area (Å²) < 4.78 is 12.1. The third-order valence-corrected chi connectivity index (χ3v) is 4.69. The predicted octanol–water partition coefficient (Wildman–Crippen LogP) is 2.52. The molecule has 4 aromatic rings. The van der Waals surface area contributed by atoms with Gasteiger partial charge >= 0.3 is 0 Å². The molecule has 0 spiro atoms. The van der Waals surface area contributed by atoms with Crippen molar-refractivity contribution < 1.29 is 9.15 Å². The van der Waals surface area contributed by atoms with Crippen LogP contribution in [0.5, 0.6) is 5.75 Å². The Labute approximate surface area is 158 Å². The van der Waals surface area contributed by atoms with Crippen LogP contribution < -0.4 is 10.3 Å². The van der Waals surface area contributed by atoms with E-state index < -0.39 is 0 Å². The third kappa shape index (κ3) is 3.82. The zero-order valence-electron chi connectivity index (χ0n) is 14.4. The fourth-order valence-corrected chi connectivity index (χ4v) is 3.17. The van der Waals surface area contributed by atoms with E-state index in [0.29, 0.717) is 28.4 Å². The first-order chi connectivity index (χ1) is 13.2. The van der Waals surface area contributed by atoms with Crippen molar-refractivity contribution in [3.63, 3.8) is 0 Å². The van der Waals surface area contributed by atoms with Crippen LogP contribution in [0.3, 0.4) is 0 Å². The summed E-state index contributed by atoms with van der Waals surface area (Å²) in [5, 5.41) is 17.0. The van der Waals surface area contributed by atoms with Gasteiger partial charge in [-0.15, -0.1) is 15.3 Å². The molecule has 0 aliphatic rings. The quantitative estimate of drug-likeness (QED) is 0.470. The van der Waals surface area contributed by atoms with Crippen molar-refractivity contribution in [2.45, 2.75) is 17.5 Å². The Hall–Kier alpha value is -3.20. The Morgan fingerprint density at radius 3 is 2.70 bits per heavy atom. The lowest BCUT2D eigenvalue weighted by atomic mass is 10.1. The van der Waals surface area contributed by atoms with Gasteiger partial charge in [-0.05, 0) is 41.6 Å². The number of aromatic nitrogens is 5. The maximum Gasteiger partial charge on any atom is 0.278 e. The molecule has 0 N–H and O–H groups in total. The van der Waals surface area contributed by atoms with Crippen LogP contribution in [0, 0.1) is 0 Å². The Bertz CT molecular complexity index is 1120. The lowest BCUT2D eigenvalue weighted by Crippen LogP contribution is -2.23. The van der Waals surface area contributed by atoms with Crippen molar-refractivity contribution in [2.24, 2.45) is 0 Å². The summed E-state index contributed by atoms with van der Waals surface area (Å²) in [6.07, 6.45) is 0.521. The second-order valence-corrected chi connectivity index (χ2v) is 6.57. The van der Waals surface area contributed by atoms with Gasteiger partial charge in [0.1, 0.15) is 17.1 Å². The van der Waals surface area contributed by atoms with E-state index in [1.54, 1.807) is 25.3 Å². The number of benzene rings is 2. The molecule has 0 amide bonds. The highest BCUT2D eigenvalue weighted by Crippen LogP contribution is 2.20. The molecule has 0 atom stereocenters. The van der Waals surface area contributed by atoms with Crippen LogP contribution in [0.25, 0.3) is 10.9 Å². The highest BCUT2D eigenvalue weighted by atomic mass is 32.2. The summed E-state index contributed by atoms with van der Waals surface area (Å²) in [5.74, 6) is 1.53. The summed E-state index contributed by atoms with van der Waals surface area (Å²) in [7, 11) is 1.63. The summed E-state index contributed by atoms with van der Waals surface area (Å²) in [6.45, 7) is 0. The van der Waals surface area contributed by atoms with Crippen LogP contribution in [-0.4, -0.2) is 32.3 Å². The molecule has 0 aliphatic heterocycles. The molecule has 2 aromatic heterocycles. The Morgan fingerprint density at radius 1 is 1.07 bits per heavy atom. The molecule has 136 valence electrons. The largest absolute Gasteiger partial charge is 0.497 e. The molecular weight excluding hydrogens is 366 g/mol. The minimum atomic E-state index is -0.203. The molecule has 2 heterocycles. The summed E-state index contributed by atoms with van der Waals surface area (Å²) in [6, 6.07) is 14.8. The maximum absolute atomic E-state index is 12.4. The highest BCUT2D eigenvalue weighted by molar-refractivity contribution is 7.98. The number of nitrogens with zero attached hydrogens (tertiary/aromatic N) is 5. The van der Waals surface area contributed by atoms with E-state index in [2.05, 4.69) is 20.5 Å². The average Bonchev–Trinajstić information content (AvgIpc) is 3.15. The Kier molecular flexibility index (Phi) is 4.84. The first-order valence-corrected chi connectivity index (χ1v) is 9.12. The highest BCUT2D eigenvalue weighted by Gasteiger charge is 2.10. The van der Waals surface area contributed by atoms with Crippen molar-refractivity contribution in [2.75, 3.05) is 7.11 Å². The van der Waals surface area contributed by atoms with Crippen LogP contribution in [0.15, 0.2) is 63.0 Å². The molecule has 2 aromatic carbocycles. The fourth-order valence-electron chi connectivity index (χ4n) is 2.51. The number of rotatable bonds is 6. The van der Waals surface area contributed by atoms with Gasteiger partial charge in [-0.3, -0.25) is 4.79 Å². The summed E-state index contributed by atoms with van der Waals surface area (Å²) in [5.41, 5.74) is 1.40. The minimum Gasteiger partial charge on any atom is -0.497 e. The van der Waals surface area contributed by atoms with E-state index in [4.69, 9.17) is 9.15 Å². The van der Waals surface area contributed by atoms with Gasteiger partial charge in [-0.1, -0.05) is 29.5 Å². The van der Waals surface area contributed by atoms with Crippen LogP contribution >= 0.6 is 11.8 Å². The Morgan fingerprint density at radius 2 is 1.89 bits per heavy atom. The fraction of sp³-hybridized carbons (Fsp3) is 0.167. The van der Waals surface area contributed by atoms with Gasteiger partial charge in [0.2, 0.25) is 5.89 Å². The first-order valence-electron chi connectivity index (χ1n) is 8.13. The van der Waals surface area contributed by atoms with Gasteiger partial charge in [0.25, 0.3) is 10.8 Å². The van der Waals surface area contributed by atoms with Gasteiger partial charge in [-0.25, -0.2) is 0 Å². The van der Waals surface area contributed by atoms with Crippen molar-refractivity contribution in [1.82, 2.24) is 25.2 Å². The monoisotopic (exact) mass is 381 g/mol. The second-order valence-electron chi connectivity index (χ2n) is 5.67. The van der Waals surface area contributed by atoms with E-state index in [1.807, 2.05) is 30.3 Å². The van der Waals surface area contributed by atoms with Crippen LogP contribution in [0.2, 0.25) is 0 Å². The van der Waals surface area contributed by atoms with Crippen molar-refractivity contribution in [3.05, 3.63) is 70.3 Å². The molecule has 0 bridgehead atoms. The van der Waals surface area contributed by atoms with Gasteiger partial charge in [0.05, 0.1) is 18.9 Å². The topological polar surface area (TPSA) is 95.9 Å². The second kappa shape index (κ2) is 7.58. The molecule has 0 radical (unpaired) electrons. The lowest BCUT2D eigenvalue weighted by Gasteiger charge is -2.02. The smallest absolute Gasteiger partial charge is 0.278 e. The molecule has 0 aliphatic carbocycles. The Balaban J connectivity index is 1.43. The molecule has 9 heteroatoms. The first kappa shape index (κ1) is 17.2. The predicted molar refractivity (Wildman–Crippen MR) is 99.8 cm³/mol. The van der Waals surface area contributed by atoms with Gasteiger partial charge < -0.3 is 9.15 Å². The van der Waals surface area contributed by atoms with Crippen molar-refractivity contribution >= 4 is 22.7 Å². The molecule has 0 saturated carbocycles. The van der Waals surface area contributed by atoms with Gasteiger partial charge in [-0.2, -0.15) is 4.68 Å². The number of hydrogen-bond donors (Lipinski definition) is 0. The van der Waals surface area contributed by atoms with E-state index in [1.165, 1.54) is 16.4 Å². The van der Waals surface area contributed by atoms with Gasteiger partial charge in [0.15, 0.2) is 0 Å². The maximum atomic E-state index is 12.4. The number of methoxy groups -OCH3 is 1. The molecule has 27 heavy (non-hydrogen) atoms. The van der Waals surface area contributed by atoms with Crippen LogP contribution in [0.1, 0.15) is 11.5 Å². The van der Waals surface area contributed by atoms with Crippen LogP contribution in [-0.2, 0) is 12.3 Å². The number of ether oxygens (including phenoxy) is 1. The molecule has 8 nitrogen and oxygen atoms in total. The number of thioether (sulfide) groups is 1. The molecule has 4 rings (SSSR count). The zero-order chi connectivity index (χ0) is 18.6. The summed E-state index contributed by atoms with van der Waals surface area (Å²) >= 11 is 1.23. The third-order valence-electron chi connectivity index (χ3n) is 3.90. The van der Waals surface area contributed by atoms with Crippen molar-refractivity contribution in [1.29, 1.82) is 0 Å². The van der Waals surface area contributed by atoms with E-state index in [0.717, 1.165) is 11.3 Å². The number of fused-ring (bicyclic) bond motifs is 1. The number of hydrogen-bond acceptors (Lipinski definition) is 8. The standard InChI is InChI=1S/C18H15N5O3S/c1-25-13-8-6-12(7-9-13)10-16-20-21-18(26-16)27-11-23-17(24)14-4-2-3-5-15(14)19-22-23/h2-9H,10-11H2,1H3. The van der Waals surface area contributed by atoms with E-state index in [9.17, 15) is 4.79 Å². The molecule has 0 saturated heterocycles. The van der Waals surface area contributed by atoms with Crippen molar-refractivity contribution in [3.8, 4) is 5.75 Å². The normalized spacial score (nSPS) is 11.0. The molecular formula is C18H15N5O3S. The summed E-state index contributed by atoms with van der Waals surface area (Å²) in [4.78, 5) is 12.4. The van der Waals surface area contributed by atoms with Crippen LogP contribution in [0.4, 0.5) is 0 Å². The minimum absolute atomic E-state index is 0.203. The lowest BCUT2D eigenvalue weighted by molar-refractivity contribution is 0.413. The van der Waals surface area contributed by atoms with E-state index in [-0.39, 0.29) is 11.4 Å². The zero-order valence-corrected chi connectivity index (χ0v) is 15.2. The molecule has 0 unspecified atom stereocenters. The average molecular weight is 381 g/mol.